The highest BCUT2D eigenvalue weighted by Gasteiger charge is 2.48. The maximum Gasteiger partial charge on any atom is 0.145 e. The standard InChI is InChI=1S/C11H18BrClN2Si2/c1-16(2)7-8-17(3,4)15(16)9-5-6-14-11(13)10(9)12/h5-6H,7-8H2,1-4H3. The van der Waals surface area contributed by atoms with Crippen molar-refractivity contribution in [3.8, 4) is 0 Å². The van der Waals surface area contributed by atoms with Crippen LogP contribution in [0.3, 0.4) is 0 Å². The van der Waals surface area contributed by atoms with Gasteiger partial charge >= 0.3 is 0 Å². The van der Waals surface area contributed by atoms with E-state index in [9.17, 15) is 0 Å². The van der Waals surface area contributed by atoms with Crippen LogP contribution in [0.4, 0.5) is 5.69 Å². The van der Waals surface area contributed by atoms with E-state index in [-0.39, 0.29) is 0 Å². The lowest BCUT2D eigenvalue weighted by Gasteiger charge is -2.42. The van der Waals surface area contributed by atoms with Gasteiger partial charge in [0.05, 0.1) is 4.47 Å². The fraction of sp³-hybridized carbons (Fsp3) is 0.545. The minimum atomic E-state index is -1.32. The molecule has 1 saturated heterocycles. The van der Waals surface area contributed by atoms with E-state index < -0.39 is 16.5 Å². The Bertz CT molecular complexity index is 435. The number of pyridine rings is 1. The first-order valence-electron chi connectivity index (χ1n) is 5.86. The number of hydrogen-bond acceptors (Lipinski definition) is 2. The van der Waals surface area contributed by atoms with Crippen molar-refractivity contribution in [2.45, 2.75) is 38.3 Å². The Kier molecular flexibility index (Phi) is 3.49. The van der Waals surface area contributed by atoms with Crippen molar-refractivity contribution in [1.82, 2.24) is 4.98 Å². The number of hydrogen-bond donors (Lipinski definition) is 0. The summed E-state index contributed by atoms with van der Waals surface area (Å²) in [7, 11) is -2.64. The second kappa shape index (κ2) is 4.36. The zero-order valence-electron chi connectivity index (χ0n) is 10.7. The summed E-state index contributed by atoms with van der Waals surface area (Å²) in [5.41, 5.74) is 1.26. The highest BCUT2D eigenvalue weighted by Crippen LogP contribution is 2.44. The molecule has 0 spiro atoms. The quantitative estimate of drug-likeness (QED) is 0.538. The van der Waals surface area contributed by atoms with Crippen LogP contribution in [0.2, 0.25) is 43.4 Å². The van der Waals surface area contributed by atoms with Gasteiger partial charge in [0.1, 0.15) is 21.6 Å². The maximum atomic E-state index is 6.12. The summed E-state index contributed by atoms with van der Waals surface area (Å²) in [6, 6.07) is 4.88. The van der Waals surface area contributed by atoms with Crippen LogP contribution in [-0.4, -0.2) is 21.5 Å². The zero-order valence-corrected chi connectivity index (χ0v) is 15.1. The minimum absolute atomic E-state index is 0.573. The first kappa shape index (κ1) is 13.6. The lowest BCUT2D eigenvalue weighted by atomic mass is 10.4. The van der Waals surface area contributed by atoms with E-state index in [0.29, 0.717) is 5.15 Å². The molecule has 1 aliphatic rings. The third-order valence-corrected chi connectivity index (χ3v) is 14.9. The molecule has 1 aromatic heterocycles. The molecular weight excluding hydrogens is 332 g/mol. The molecule has 0 atom stereocenters. The Morgan fingerprint density at radius 2 is 1.76 bits per heavy atom. The third kappa shape index (κ3) is 2.34. The van der Waals surface area contributed by atoms with Crippen LogP contribution in [0.15, 0.2) is 16.7 Å². The van der Waals surface area contributed by atoms with Gasteiger partial charge in [0, 0.05) is 11.9 Å². The van der Waals surface area contributed by atoms with Crippen molar-refractivity contribution in [3.63, 3.8) is 0 Å². The van der Waals surface area contributed by atoms with Gasteiger partial charge in [-0.3, -0.25) is 0 Å². The predicted octanol–water partition coefficient (Wildman–Crippen LogP) is 4.73. The Hall–Kier alpha value is 0.154. The summed E-state index contributed by atoms with van der Waals surface area (Å²) < 4.78 is 3.70. The SMILES string of the molecule is C[Si]1(C)CC[Si](C)(C)N1c1ccnc(Cl)c1Br. The van der Waals surface area contributed by atoms with E-state index in [2.05, 4.69) is 57.4 Å². The number of halogens is 2. The summed E-state index contributed by atoms with van der Waals surface area (Å²) >= 11 is 9.73. The summed E-state index contributed by atoms with van der Waals surface area (Å²) in [6.07, 6.45) is 1.82. The van der Waals surface area contributed by atoms with Gasteiger partial charge < -0.3 is 4.23 Å². The van der Waals surface area contributed by atoms with Crippen LogP contribution in [0.25, 0.3) is 0 Å². The average molecular weight is 350 g/mol. The zero-order chi connectivity index (χ0) is 12.8. The molecule has 2 heterocycles. The Labute approximate surface area is 119 Å². The topological polar surface area (TPSA) is 16.1 Å². The summed E-state index contributed by atoms with van der Waals surface area (Å²) in [6.45, 7) is 9.82. The van der Waals surface area contributed by atoms with E-state index >= 15 is 0 Å². The highest BCUT2D eigenvalue weighted by atomic mass is 79.9. The molecule has 0 aliphatic carbocycles. The Morgan fingerprint density at radius 3 is 2.29 bits per heavy atom. The van der Waals surface area contributed by atoms with E-state index in [4.69, 9.17) is 11.6 Å². The summed E-state index contributed by atoms with van der Waals surface area (Å²) in [5, 5.41) is 0.573. The fourth-order valence-electron chi connectivity index (χ4n) is 2.89. The summed E-state index contributed by atoms with van der Waals surface area (Å²) in [4.78, 5) is 4.13. The molecule has 17 heavy (non-hydrogen) atoms. The van der Waals surface area contributed by atoms with Gasteiger partial charge in [-0.1, -0.05) is 37.8 Å². The van der Waals surface area contributed by atoms with E-state index in [1.54, 1.807) is 0 Å². The third-order valence-electron chi connectivity index (χ3n) is 3.63. The Balaban J connectivity index is 2.55. The Morgan fingerprint density at radius 1 is 1.24 bits per heavy atom. The van der Waals surface area contributed by atoms with E-state index in [0.717, 1.165) is 4.47 Å². The normalized spacial score (nSPS) is 21.9. The molecule has 2 nitrogen and oxygen atoms in total. The second-order valence-electron chi connectivity index (χ2n) is 5.90. The number of rotatable bonds is 1. The highest BCUT2D eigenvalue weighted by molar-refractivity contribution is 9.10. The summed E-state index contributed by atoms with van der Waals surface area (Å²) in [5.74, 6) is 0. The van der Waals surface area contributed by atoms with Crippen LogP contribution in [-0.2, 0) is 0 Å². The van der Waals surface area contributed by atoms with Crippen molar-refractivity contribution < 1.29 is 0 Å². The first-order chi connectivity index (χ1) is 7.76. The second-order valence-corrected chi connectivity index (χ2v) is 16.6. The minimum Gasteiger partial charge on any atom is -0.423 e. The molecule has 0 aromatic carbocycles. The molecule has 0 unspecified atom stereocenters. The fourth-order valence-corrected chi connectivity index (χ4v) is 18.0. The van der Waals surface area contributed by atoms with Crippen LogP contribution in [0, 0.1) is 0 Å². The molecule has 0 radical (unpaired) electrons. The smallest absolute Gasteiger partial charge is 0.145 e. The number of anilines is 1. The monoisotopic (exact) mass is 348 g/mol. The van der Waals surface area contributed by atoms with Gasteiger partial charge in [0.2, 0.25) is 0 Å². The molecule has 0 amide bonds. The molecule has 94 valence electrons. The molecule has 0 bridgehead atoms. The van der Waals surface area contributed by atoms with Gasteiger partial charge in [0.15, 0.2) is 0 Å². The van der Waals surface area contributed by atoms with Gasteiger partial charge in [0.25, 0.3) is 0 Å². The molecule has 0 N–H and O–H groups in total. The predicted molar refractivity (Wildman–Crippen MR) is 84.0 cm³/mol. The maximum absolute atomic E-state index is 6.12. The largest absolute Gasteiger partial charge is 0.423 e. The molecule has 6 heteroatoms. The molecule has 0 saturated carbocycles. The van der Waals surface area contributed by atoms with Crippen LogP contribution in [0.1, 0.15) is 0 Å². The van der Waals surface area contributed by atoms with Gasteiger partial charge in [-0.15, -0.1) is 0 Å². The van der Waals surface area contributed by atoms with E-state index in [1.807, 2.05) is 6.20 Å². The molecule has 2 rings (SSSR count). The van der Waals surface area contributed by atoms with Crippen LogP contribution in [0.5, 0.6) is 0 Å². The van der Waals surface area contributed by atoms with Crippen molar-refractivity contribution in [1.29, 1.82) is 0 Å². The van der Waals surface area contributed by atoms with Gasteiger partial charge in [-0.05, 0) is 34.1 Å². The van der Waals surface area contributed by atoms with Crippen LogP contribution >= 0.6 is 27.5 Å². The number of nitrogens with zero attached hydrogens (tertiary/aromatic N) is 2. The molecule has 1 aromatic rings. The van der Waals surface area contributed by atoms with Gasteiger partial charge in [-0.25, -0.2) is 4.98 Å². The number of aromatic nitrogens is 1. The molecule has 1 aliphatic heterocycles. The average Bonchev–Trinajstić information content (AvgIpc) is 2.42. The molecular formula is C11H18BrClN2Si2. The van der Waals surface area contributed by atoms with Crippen molar-refractivity contribution >= 4 is 49.7 Å². The van der Waals surface area contributed by atoms with E-state index in [1.165, 1.54) is 17.8 Å². The first-order valence-corrected chi connectivity index (χ1v) is 13.3. The van der Waals surface area contributed by atoms with Crippen molar-refractivity contribution in [3.05, 3.63) is 21.9 Å². The van der Waals surface area contributed by atoms with Crippen molar-refractivity contribution in [2.75, 3.05) is 4.23 Å². The van der Waals surface area contributed by atoms with Crippen LogP contribution < -0.4 is 4.23 Å². The van der Waals surface area contributed by atoms with Crippen molar-refractivity contribution in [2.24, 2.45) is 0 Å². The molecule has 1 fully saturated rings. The lowest BCUT2D eigenvalue weighted by Crippen LogP contribution is -2.55. The van der Waals surface area contributed by atoms with Gasteiger partial charge in [-0.2, -0.15) is 0 Å². The lowest BCUT2D eigenvalue weighted by molar-refractivity contribution is 1.27.